The lowest BCUT2D eigenvalue weighted by Gasteiger charge is -2.34. The summed E-state index contributed by atoms with van der Waals surface area (Å²) in [4.78, 5) is 16.6. The fraction of sp³-hybridized carbons (Fsp3) is 0.450. The average molecular weight is 342 g/mol. The van der Waals surface area contributed by atoms with Gasteiger partial charge in [0.1, 0.15) is 17.3 Å². The van der Waals surface area contributed by atoms with Gasteiger partial charge in [-0.25, -0.2) is 0 Å². The Labute approximate surface area is 149 Å². The van der Waals surface area contributed by atoms with Gasteiger partial charge in [-0.3, -0.25) is 9.69 Å². The molecule has 0 saturated carbocycles. The first-order valence-corrected chi connectivity index (χ1v) is 8.80. The molecule has 5 nitrogen and oxygen atoms in total. The second kappa shape index (κ2) is 7.74. The highest BCUT2D eigenvalue weighted by Crippen LogP contribution is 2.24. The molecule has 1 fully saturated rings. The third-order valence-corrected chi connectivity index (χ3v) is 4.79. The number of piperazine rings is 1. The van der Waals surface area contributed by atoms with Gasteiger partial charge in [-0.1, -0.05) is 13.0 Å². The van der Waals surface area contributed by atoms with Gasteiger partial charge in [0, 0.05) is 30.8 Å². The molecule has 1 aromatic carbocycles. The average Bonchev–Trinajstić information content (AvgIpc) is 3.06. The van der Waals surface area contributed by atoms with E-state index in [0.29, 0.717) is 19.0 Å². The maximum absolute atomic E-state index is 12.5. The van der Waals surface area contributed by atoms with Gasteiger partial charge in [-0.15, -0.1) is 0 Å². The molecule has 1 unspecified atom stereocenters. The van der Waals surface area contributed by atoms with Crippen molar-refractivity contribution >= 4 is 11.6 Å². The fourth-order valence-corrected chi connectivity index (χ4v) is 3.20. The number of nitrogens with zero attached hydrogens (tertiary/aromatic N) is 2. The van der Waals surface area contributed by atoms with Crippen molar-refractivity contribution in [3.8, 4) is 5.75 Å². The highest BCUT2D eigenvalue weighted by atomic mass is 16.5. The van der Waals surface area contributed by atoms with E-state index >= 15 is 0 Å². The van der Waals surface area contributed by atoms with Crippen LogP contribution in [-0.4, -0.2) is 44.1 Å². The van der Waals surface area contributed by atoms with Crippen LogP contribution in [0.3, 0.4) is 0 Å². The molecule has 0 aliphatic carbocycles. The van der Waals surface area contributed by atoms with Crippen molar-refractivity contribution in [1.82, 2.24) is 4.90 Å². The number of aryl methyl sites for hydroxylation is 1. The zero-order chi connectivity index (χ0) is 17.8. The molecule has 0 bridgehead atoms. The number of carbonyl (C=O) groups is 1. The van der Waals surface area contributed by atoms with E-state index < -0.39 is 0 Å². The molecule has 3 rings (SSSR count). The van der Waals surface area contributed by atoms with E-state index in [9.17, 15) is 4.79 Å². The lowest BCUT2D eigenvalue weighted by Crippen LogP contribution is -2.50. The lowest BCUT2D eigenvalue weighted by atomic mass is 10.0. The number of furan rings is 1. The van der Waals surface area contributed by atoms with Crippen LogP contribution in [0.4, 0.5) is 5.69 Å². The van der Waals surface area contributed by atoms with E-state index in [1.807, 2.05) is 48.2 Å². The predicted octanol–water partition coefficient (Wildman–Crippen LogP) is 3.44. The third-order valence-electron chi connectivity index (χ3n) is 4.79. The molecule has 1 atom stereocenters. The highest BCUT2D eigenvalue weighted by Gasteiger charge is 2.25. The van der Waals surface area contributed by atoms with E-state index in [1.165, 1.54) is 0 Å². The number of methoxy groups -OCH3 is 1. The van der Waals surface area contributed by atoms with E-state index in [0.717, 1.165) is 42.5 Å². The van der Waals surface area contributed by atoms with E-state index in [2.05, 4.69) is 11.8 Å². The zero-order valence-electron chi connectivity index (χ0n) is 15.2. The smallest absolute Gasteiger partial charge is 0.241 e. The van der Waals surface area contributed by atoms with Crippen molar-refractivity contribution in [2.75, 3.05) is 38.2 Å². The summed E-state index contributed by atoms with van der Waals surface area (Å²) >= 11 is 0. The predicted molar refractivity (Wildman–Crippen MR) is 98.3 cm³/mol. The van der Waals surface area contributed by atoms with E-state index in [1.54, 1.807) is 7.11 Å². The molecule has 1 aliphatic heterocycles. The Kier molecular flexibility index (Phi) is 5.43. The normalized spacial score (nSPS) is 16.9. The largest absolute Gasteiger partial charge is 0.497 e. The van der Waals surface area contributed by atoms with Gasteiger partial charge >= 0.3 is 0 Å². The molecule has 1 amide bonds. The third kappa shape index (κ3) is 4.23. The minimum atomic E-state index is 0.140. The van der Waals surface area contributed by atoms with Crippen molar-refractivity contribution < 1.29 is 13.9 Å². The van der Waals surface area contributed by atoms with Crippen LogP contribution in [0.1, 0.15) is 30.8 Å². The first-order valence-electron chi connectivity index (χ1n) is 8.80. The maximum Gasteiger partial charge on any atom is 0.241 e. The number of benzene rings is 1. The Hall–Kier alpha value is -2.27. The number of anilines is 1. The lowest BCUT2D eigenvalue weighted by molar-refractivity contribution is -0.121. The molecule has 5 heteroatoms. The van der Waals surface area contributed by atoms with Crippen molar-refractivity contribution in [2.45, 2.75) is 26.2 Å². The van der Waals surface area contributed by atoms with Crippen LogP contribution in [0.5, 0.6) is 5.75 Å². The second-order valence-electron chi connectivity index (χ2n) is 6.66. The van der Waals surface area contributed by atoms with E-state index in [-0.39, 0.29) is 5.91 Å². The highest BCUT2D eigenvalue weighted by molar-refractivity contribution is 5.95. The molecule has 2 heterocycles. The van der Waals surface area contributed by atoms with Crippen molar-refractivity contribution in [3.63, 3.8) is 0 Å². The van der Waals surface area contributed by atoms with Crippen molar-refractivity contribution in [3.05, 3.63) is 47.9 Å². The quantitative estimate of drug-likeness (QED) is 0.807. The van der Waals surface area contributed by atoms with Crippen molar-refractivity contribution in [1.29, 1.82) is 0 Å². The van der Waals surface area contributed by atoms with Gasteiger partial charge in [-0.05, 0) is 44.2 Å². The molecule has 0 radical (unpaired) electrons. The molecule has 1 saturated heterocycles. The molecular weight excluding hydrogens is 316 g/mol. The zero-order valence-corrected chi connectivity index (χ0v) is 15.2. The summed E-state index contributed by atoms with van der Waals surface area (Å²) < 4.78 is 11.0. The fourth-order valence-electron chi connectivity index (χ4n) is 3.20. The Morgan fingerprint density at radius 2 is 2.08 bits per heavy atom. The number of amides is 1. The van der Waals surface area contributed by atoms with Crippen LogP contribution < -0.4 is 9.64 Å². The number of rotatable bonds is 6. The molecule has 0 N–H and O–H groups in total. The maximum atomic E-state index is 12.5. The van der Waals surface area contributed by atoms with Gasteiger partial charge < -0.3 is 14.1 Å². The summed E-state index contributed by atoms with van der Waals surface area (Å²) in [5.74, 6) is 3.25. The first-order chi connectivity index (χ1) is 12.1. The van der Waals surface area contributed by atoms with Crippen LogP contribution in [0.2, 0.25) is 0 Å². The second-order valence-corrected chi connectivity index (χ2v) is 6.66. The molecular formula is C20H26N2O3. The standard InChI is InChI=1S/C20H26N2O3/c1-15(19-8-7-16(2)25-19)9-10-21-11-12-22(20(23)14-21)17-5-4-6-18(13-17)24-3/h4-8,13,15H,9-12,14H2,1-3H3. The Balaban J connectivity index is 1.54. The molecule has 25 heavy (non-hydrogen) atoms. The Morgan fingerprint density at radius 3 is 2.76 bits per heavy atom. The van der Waals surface area contributed by atoms with Gasteiger partial charge in [0.15, 0.2) is 0 Å². The molecule has 1 aromatic heterocycles. The summed E-state index contributed by atoms with van der Waals surface area (Å²) in [5, 5.41) is 0. The minimum absolute atomic E-state index is 0.140. The van der Waals surface area contributed by atoms with E-state index in [4.69, 9.17) is 9.15 Å². The number of hydrogen-bond donors (Lipinski definition) is 0. The summed E-state index contributed by atoms with van der Waals surface area (Å²) in [6, 6.07) is 11.7. The minimum Gasteiger partial charge on any atom is -0.497 e. The van der Waals surface area contributed by atoms with Gasteiger partial charge in [0.25, 0.3) is 0 Å². The Morgan fingerprint density at radius 1 is 1.24 bits per heavy atom. The van der Waals surface area contributed by atoms with Gasteiger partial charge in [-0.2, -0.15) is 0 Å². The van der Waals surface area contributed by atoms with Gasteiger partial charge in [0.05, 0.1) is 13.7 Å². The summed E-state index contributed by atoms with van der Waals surface area (Å²) in [7, 11) is 1.64. The summed E-state index contributed by atoms with van der Waals surface area (Å²) in [6.07, 6.45) is 0.986. The topological polar surface area (TPSA) is 45.9 Å². The number of hydrogen-bond acceptors (Lipinski definition) is 4. The van der Waals surface area contributed by atoms with Crippen molar-refractivity contribution in [2.24, 2.45) is 0 Å². The van der Waals surface area contributed by atoms with Gasteiger partial charge in [0.2, 0.25) is 5.91 Å². The number of ether oxygens (including phenoxy) is 1. The summed E-state index contributed by atoms with van der Waals surface area (Å²) in [6.45, 7) is 7.09. The van der Waals surface area contributed by atoms with Crippen LogP contribution >= 0.6 is 0 Å². The first kappa shape index (κ1) is 17.5. The summed E-state index contributed by atoms with van der Waals surface area (Å²) in [5.41, 5.74) is 0.906. The Bertz CT molecular complexity index is 725. The molecule has 2 aromatic rings. The molecule has 134 valence electrons. The SMILES string of the molecule is COc1cccc(N2CCN(CCC(C)c3ccc(C)o3)CC2=O)c1. The van der Waals surface area contributed by atoms with Crippen LogP contribution in [0.15, 0.2) is 40.8 Å². The van der Waals surface area contributed by atoms with Crippen LogP contribution in [0, 0.1) is 6.92 Å². The molecule has 1 aliphatic rings. The van der Waals surface area contributed by atoms with Crippen LogP contribution in [0.25, 0.3) is 0 Å². The monoisotopic (exact) mass is 342 g/mol. The van der Waals surface area contributed by atoms with Crippen LogP contribution in [-0.2, 0) is 4.79 Å². The molecule has 0 spiro atoms. The number of carbonyl (C=O) groups excluding carboxylic acids is 1.